The van der Waals surface area contributed by atoms with Gasteiger partial charge in [0.1, 0.15) is 11.3 Å². The summed E-state index contributed by atoms with van der Waals surface area (Å²) in [5.74, 6) is -2.33. The molecule has 1 fully saturated rings. The van der Waals surface area contributed by atoms with Crippen LogP contribution in [0.1, 0.15) is 48.6 Å². The molecule has 3 aromatic carbocycles. The molecule has 0 aromatic heterocycles. The van der Waals surface area contributed by atoms with Gasteiger partial charge in [0.2, 0.25) is 5.91 Å². The zero-order valence-corrected chi connectivity index (χ0v) is 23.0. The highest BCUT2D eigenvalue weighted by Crippen LogP contribution is 2.42. The summed E-state index contributed by atoms with van der Waals surface area (Å²) in [6, 6.07) is 20.5. The second-order valence-corrected chi connectivity index (χ2v) is 9.78. The van der Waals surface area contributed by atoms with Crippen LogP contribution < -0.4 is 4.74 Å². The topological polar surface area (TPSA) is 144 Å². The third kappa shape index (κ3) is 5.51. The normalized spacial score (nSPS) is 17.3. The van der Waals surface area contributed by atoms with E-state index in [4.69, 9.17) is 10.3 Å². The average molecular weight is 558 g/mol. The van der Waals surface area contributed by atoms with Crippen molar-refractivity contribution in [3.05, 3.63) is 101 Å². The third-order valence-electron chi connectivity index (χ3n) is 7.22. The predicted molar refractivity (Wildman–Crippen MR) is 147 cm³/mol. The molecule has 0 saturated carbocycles. The number of benzene rings is 3. The number of hydrogen-bond donors (Lipinski definition) is 2. The lowest BCUT2D eigenvalue weighted by molar-refractivity contribution is -0.162. The van der Waals surface area contributed by atoms with Crippen molar-refractivity contribution in [1.82, 2.24) is 14.9 Å². The maximum Gasteiger partial charge on any atom is 0.347 e. The second kappa shape index (κ2) is 12.0. The molecule has 4 rings (SSSR count). The van der Waals surface area contributed by atoms with E-state index in [1.165, 1.54) is 18.9 Å². The van der Waals surface area contributed by atoms with Gasteiger partial charge < -0.3 is 9.84 Å². The van der Waals surface area contributed by atoms with Crippen molar-refractivity contribution in [2.45, 2.75) is 44.9 Å². The van der Waals surface area contributed by atoms with E-state index in [9.17, 15) is 24.3 Å². The number of ether oxygens (including phenoxy) is 1. The molecule has 2 N–H and O–H groups in total. The zero-order chi connectivity index (χ0) is 29.7. The first-order valence-electron chi connectivity index (χ1n) is 12.9. The fourth-order valence-corrected chi connectivity index (χ4v) is 5.14. The van der Waals surface area contributed by atoms with E-state index < -0.39 is 41.8 Å². The minimum Gasteiger partial charge on any atom is -0.496 e. The van der Waals surface area contributed by atoms with Gasteiger partial charge in [-0.3, -0.25) is 19.3 Å². The van der Waals surface area contributed by atoms with Gasteiger partial charge in [-0.1, -0.05) is 72.8 Å². The zero-order valence-electron chi connectivity index (χ0n) is 23.0. The van der Waals surface area contributed by atoms with Crippen LogP contribution in [0.25, 0.3) is 0 Å². The number of hydrogen-bond acceptors (Lipinski definition) is 7. The van der Waals surface area contributed by atoms with E-state index >= 15 is 0 Å². The van der Waals surface area contributed by atoms with E-state index in [0.29, 0.717) is 16.9 Å². The highest BCUT2D eigenvalue weighted by molar-refractivity contribution is 6.08. The number of hydrazine groups is 1. The summed E-state index contributed by atoms with van der Waals surface area (Å²) in [6.07, 6.45) is -0.586. The van der Waals surface area contributed by atoms with Gasteiger partial charge in [0.25, 0.3) is 5.91 Å². The molecule has 0 aliphatic carbocycles. The van der Waals surface area contributed by atoms with Crippen LogP contribution in [-0.2, 0) is 33.0 Å². The number of amides is 4. The number of urea groups is 1. The summed E-state index contributed by atoms with van der Waals surface area (Å²) >= 11 is 0. The SMILES string of the molecule is COc1ccccc1[C@@H](CC(=O)O)N(C(C)=O)N1C(=O)N(Cc2ccccc2)[C@](C)(c2ccc(CN=N)cc2)C1=O. The summed E-state index contributed by atoms with van der Waals surface area (Å²) in [6.45, 7) is 3.00. The number of carbonyl (C=O) groups excluding carboxylic acids is 3. The first kappa shape index (κ1) is 28.9. The Kier molecular flexibility index (Phi) is 8.46. The lowest BCUT2D eigenvalue weighted by Crippen LogP contribution is -2.52. The number of carboxylic acid groups (broad SMARTS) is 1. The molecule has 0 unspecified atom stereocenters. The standard InChI is InChI=1S/C30H31N5O6/c1-20(36)34(25(17-27(37)38)24-11-7-8-12-26(24)41-3)35-28(39)30(2,23-15-13-21(14-16-23)18-32-31)33(29(35)40)19-22-9-5-4-6-10-22/h4-16,25,31H,17-19H2,1-3H3,(H,37,38)/t25-,30-/m1/s1. The summed E-state index contributed by atoms with van der Waals surface area (Å²) in [7, 11) is 1.41. The van der Waals surface area contributed by atoms with Crippen molar-refractivity contribution in [2.75, 3.05) is 7.11 Å². The van der Waals surface area contributed by atoms with Crippen LogP contribution in [0.2, 0.25) is 0 Å². The van der Waals surface area contributed by atoms with Crippen LogP contribution in [0.15, 0.2) is 84.0 Å². The van der Waals surface area contributed by atoms with Crippen molar-refractivity contribution in [3.63, 3.8) is 0 Å². The Morgan fingerprint density at radius 2 is 1.63 bits per heavy atom. The highest BCUT2D eigenvalue weighted by Gasteiger charge is 2.58. The number of aliphatic carboxylic acids is 1. The number of methoxy groups -OCH3 is 1. The van der Waals surface area contributed by atoms with Gasteiger partial charge in [-0.15, -0.1) is 0 Å². The molecule has 0 spiro atoms. The van der Waals surface area contributed by atoms with Gasteiger partial charge in [0.05, 0.1) is 26.1 Å². The Balaban J connectivity index is 1.88. The van der Waals surface area contributed by atoms with Crippen LogP contribution in [0.3, 0.4) is 0 Å². The minimum atomic E-state index is -1.55. The molecule has 1 aliphatic heterocycles. The number of carbonyl (C=O) groups is 4. The predicted octanol–water partition coefficient (Wildman–Crippen LogP) is 4.89. The maximum absolute atomic E-state index is 14.4. The number of nitrogens with zero attached hydrogens (tertiary/aromatic N) is 4. The first-order valence-corrected chi connectivity index (χ1v) is 12.9. The van der Waals surface area contributed by atoms with Crippen molar-refractivity contribution in [2.24, 2.45) is 5.11 Å². The average Bonchev–Trinajstić information content (AvgIpc) is 3.14. The molecular formula is C30H31N5O6. The van der Waals surface area contributed by atoms with Crippen LogP contribution in [0, 0.1) is 5.53 Å². The van der Waals surface area contributed by atoms with Crippen LogP contribution in [0.5, 0.6) is 5.75 Å². The highest BCUT2D eigenvalue weighted by atomic mass is 16.5. The summed E-state index contributed by atoms with van der Waals surface area (Å²) in [5, 5.41) is 14.9. The fourth-order valence-electron chi connectivity index (χ4n) is 5.14. The number of carboxylic acids is 1. The molecule has 41 heavy (non-hydrogen) atoms. The second-order valence-electron chi connectivity index (χ2n) is 9.78. The lowest BCUT2D eigenvalue weighted by atomic mass is 9.89. The molecule has 0 bridgehead atoms. The molecule has 1 heterocycles. The van der Waals surface area contributed by atoms with Crippen molar-refractivity contribution in [3.8, 4) is 5.75 Å². The fraction of sp³-hybridized carbons (Fsp3) is 0.267. The Labute approximate surface area is 237 Å². The first-order chi connectivity index (χ1) is 19.6. The van der Waals surface area contributed by atoms with Crippen LogP contribution in [0.4, 0.5) is 4.79 Å². The molecule has 0 radical (unpaired) electrons. The van der Waals surface area contributed by atoms with E-state index in [1.54, 1.807) is 55.5 Å². The van der Waals surface area contributed by atoms with Gasteiger partial charge in [-0.25, -0.2) is 15.3 Å². The summed E-state index contributed by atoms with van der Waals surface area (Å²) < 4.78 is 5.44. The Morgan fingerprint density at radius 1 is 1.00 bits per heavy atom. The lowest BCUT2D eigenvalue weighted by Gasteiger charge is -2.36. The van der Waals surface area contributed by atoms with Crippen molar-refractivity contribution >= 4 is 23.8 Å². The van der Waals surface area contributed by atoms with Crippen molar-refractivity contribution in [1.29, 1.82) is 5.53 Å². The van der Waals surface area contributed by atoms with Gasteiger partial charge >= 0.3 is 12.0 Å². The number of rotatable bonds is 11. The Bertz CT molecular complexity index is 1460. The molecular weight excluding hydrogens is 526 g/mol. The van der Waals surface area contributed by atoms with Gasteiger partial charge in [0.15, 0.2) is 0 Å². The Morgan fingerprint density at radius 3 is 2.22 bits per heavy atom. The molecule has 1 saturated heterocycles. The molecule has 11 nitrogen and oxygen atoms in total. The summed E-state index contributed by atoms with van der Waals surface area (Å²) in [4.78, 5) is 55.3. The molecule has 4 amide bonds. The maximum atomic E-state index is 14.4. The number of nitrogens with one attached hydrogen (secondary N) is 1. The largest absolute Gasteiger partial charge is 0.496 e. The van der Waals surface area contributed by atoms with E-state index in [1.807, 2.05) is 30.3 Å². The van der Waals surface area contributed by atoms with Gasteiger partial charge in [0, 0.05) is 19.0 Å². The van der Waals surface area contributed by atoms with Crippen molar-refractivity contribution < 1.29 is 29.0 Å². The van der Waals surface area contributed by atoms with E-state index in [-0.39, 0.29) is 13.1 Å². The van der Waals surface area contributed by atoms with Crippen LogP contribution in [-0.4, -0.2) is 50.9 Å². The Hall–Kier alpha value is -5.06. The molecule has 2 atom stereocenters. The van der Waals surface area contributed by atoms with E-state index in [2.05, 4.69) is 5.11 Å². The van der Waals surface area contributed by atoms with Gasteiger partial charge in [-0.05, 0) is 29.7 Å². The quantitative estimate of drug-likeness (QED) is 0.254. The summed E-state index contributed by atoms with van der Waals surface area (Å²) in [5.41, 5.74) is 7.91. The molecule has 3 aromatic rings. The molecule has 11 heteroatoms. The minimum absolute atomic E-state index is 0.0478. The van der Waals surface area contributed by atoms with E-state index in [0.717, 1.165) is 21.1 Å². The van der Waals surface area contributed by atoms with Gasteiger partial charge in [-0.2, -0.15) is 10.1 Å². The monoisotopic (exact) mass is 557 g/mol. The van der Waals surface area contributed by atoms with Crippen LogP contribution >= 0.6 is 0 Å². The third-order valence-corrected chi connectivity index (χ3v) is 7.22. The molecule has 1 aliphatic rings. The smallest absolute Gasteiger partial charge is 0.347 e. The number of imide groups is 1. The molecule has 212 valence electrons. The number of para-hydroxylation sites is 1.